The van der Waals surface area contributed by atoms with Crippen LogP contribution in [0.2, 0.25) is 0 Å². The molecule has 0 saturated heterocycles. The standard InChI is InChI=1S/C9H16N5O11P3/c10-5-7(13-9(11)14-8(5)18)12-1-3(15)6(17)4(16)2-23-27(21)25-28(22)24-26(19)20/h3-4,15-16,21-22H,1-2,10H2,(H4-,11,12,13,14,18,19,20)/p+1. The predicted molar refractivity (Wildman–Crippen MR) is 95.4 cm³/mol. The van der Waals surface area contributed by atoms with E-state index in [2.05, 4.69) is 28.4 Å². The molecule has 0 radical (unpaired) electrons. The minimum atomic E-state index is -3.18. The molecule has 19 heteroatoms. The number of hydrogen-bond donors (Lipinski definition) is 9. The molecule has 158 valence electrons. The molecule has 0 saturated carbocycles. The topological polar surface area (TPSA) is 273 Å². The van der Waals surface area contributed by atoms with Gasteiger partial charge in [0.15, 0.2) is 11.6 Å². The molecule has 0 aliphatic rings. The predicted octanol–water partition coefficient (Wildman–Crippen LogP) is -2.23. The molecular formula is C9H17N5O11P3+. The number of nitrogens with two attached hydrogens (primary N) is 2. The van der Waals surface area contributed by atoms with Gasteiger partial charge in [0.05, 0.1) is 6.61 Å². The van der Waals surface area contributed by atoms with Crippen molar-refractivity contribution in [2.24, 2.45) is 0 Å². The molecule has 0 aromatic carbocycles. The number of nitrogens with zero attached hydrogens (tertiary/aromatic N) is 1. The van der Waals surface area contributed by atoms with Crippen molar-refractivity contribution in [3.63, 3.8) is 0 Å². The molecule has 1 rings (SSSR count). The Morgan fingerprint density at radius 3 is 2.54 bits per heavy atom. The summed E-state index contributed by atoms with van der Waals surface area (Å²) in [4.78, 5) is 55.7. The van der Waals surface area contributed by atoms with E-state index in [9.17, 15) is 29.3 Å². The highest BCUT2D eigenvalue weighted by molar-refractivity contribution is 7.58. The van der Waals surface area contributed by atoms with E-state index in [1.807, 2.05) is 0 Å². The number of hydrogen-bond acceptors (Lipinski definition) is 14. The van der Waals surface area contributed by atoms with Crippen molar-refractivity contribution in [1.82, 2.24) is 9.97 Å². The summed E-state index contributed by atoms with van der Waals surface area (Å²) in [6.07, 6.45) is -3.70. The van der Waals surface area contributed by atoms with E-state index in [0.717, 1.165) is 0 Å². The van der Waals surface area contributed by atoms with Crippen molar-refractivity contribution in [1.29, 1.82) is 0 Å². The molecule has 0 aliphatic carbocycles. The highest BCUT2D eigenvalue weighted by Gasteiger charge is 2.29. The first kappa shape index (κ1) is 24.6. The molecule has 0 aliphatic heterocycles. The second kappa shape index (κ2) is 11.6. The van der Waals surface area contributed by atoms with Gasteiger partial charge in [-0.25, -0.2) is 4.31 Å². The van der Waals surface area contributed by atoms with Crippen molar-refractivity contribution >= 4 is 48.7 Å². The fourth-order valence-electron chi connectivity index (χ4n) is 1.53. The number of nitrogen functional groups attached to an aromatic ring is 2. The van der Waals surface area contributed by atoms with Crippen LogP contribution in [0, 0.1) is 0 Å². The van der Waals surface area contributed by atoms with Crippen molar-refractivity contribution in [3.05, 3.63) is 10.4 Å². The number of ketones is 1. The third-order valence-electron chi connectivity index (χ3n) is 2.72. The monoisotopic (exact) mass is 464 g/mol. The number of aromatic amines is 1. The zero-order valence-corrected chi connectivity index (χ0v) is 16.4. The number of aliphatic hydroxyl groups excluding tert-OH is 2. The summed E-state index contributed by atoms with van der Waals surface area (Å²) in [5.41, 5.74) is 9.72. The molecule has 1 aromatic rings. The molecule has 28 heavy (non-hydrogen) atoms. The number of nitrogens with one attached hydrogen (secondary N) is 2. The highest BCUT2D eigenvalue weighted by Crippen LogP contribution is 2.53. The summed E-state index contributed by atoms with van der Waals surface area (Å²) in [6, 6.07) is 0. The van der Waals surface area contributed by atoms with Gasteiger partial charge in [-0.15, -0.1) is 4.89 Å². The minimum Gasteiger partial charge on any atom is -0.391 e. The maximum Gasteiger partial charge on any atom is 0.702 e. The van der Waals surface area contributed by atoms with E-state index < -0.39 is 62.2 Å². The van der Waals surface area contributed by atoms with Crippen LogP contribution in [0.3, 0.4) is 0 Å². The zero-order valence-electron chi connectivity index (χ0n) is 13.7. The van der Waals surface area contributed by atoms with Crippen molar-refractivity contribution in [2.75, 3.05) is 29.9 Å². The SMILES string of the molecule is Nc1nc(NCC(O)C(=O)C(O)COP(O)OP(O)O[P+](=O)O)c(N)c(=O)[nH]1. The second-order valence-corrected chi connectivity index (χ2v) is 7.69. The molecule has 1 aromatic heterocycles. The summed E-state index contributed by atoms with van der Waals surface area (Å²) in [5, 5.41) is 21.8. The summed E-state index contributed by atoms with van der Waals surface area (Å²) in [7, 11) is -8.96. The van der Waals surface area contributed by atoms with Gasteiger partial charge in [-0.1, -0.05) is 0 Å². The Kier molecular flexibility index (Phi) is 10.2. The largest absolute Gasteiger partial charge is 0.702 e. The number of aromatic nitrogens is 2. The van der Waals surface area contributed by atoms with Gasteiger partial charge in [0.1, 0.15) is 17.9 Å². The van der Waals surface area contributed by atoms with Gasteiger partial charge < -0.3 is 41.3 Å². The van der Waals surface area contributed by atoms with Crippen LogP contribution in [-0.4, -0.2) is 66.0 Å². The Morgan fingerprint density at radius 2 is 1.93 bits per heavy atom. The van der Waals surface area contributed by atoms with Gasteiger partial charge in [-0.3, -0.25) is 14.6 Å². The van der Waals surface area contributed by atoms with Gasteiger partial charge >= 0.3 is 25.5 Å². The number of carbonyl (C=O) groups is 1. The Balaban J connectivity index is 2.48. The van der Waals surface area contributed by atoms with Crippen LogP contribution in [0.15, 0.2) is 4.79 Å². The van der Waals surface area contributed by atoms with Gasteiger partial charge in [0.25, 0.3) is 5.56 Å². The quantitative estimate of drug-likeness (QED) is 0.148. The number of H-pyrrole nitrogens is 1. The molecule has 0 fully saturated rings. The van der Waals surface area contributed by atoms with Crippen LogP contribution in [0.5, 0.6) is 0 Å². The fraction of sp³-hybridized carbons (Fsp3) is 0.444. The Hall–Kier alpha value is -1.41. The van der Waals surface area contributed by atoms with Crippen LogP contribution in [0.25, 0.3) is 0 Å². The van der Waals surface area contributed by atoms with Gasteiger partial charge in [-0.2, -0.15) is 4.98 Å². The molecule has 0 bridgehead atoms. The lowest BCUT2D eigenvalue weighted by atomic mass is 10.1. The van der Waals surface area contributed by atoms with Crippen LogP contribution in [0.4, 0.5) is 17.5 Å². The number of rotatable bonds is 12. The summed E-state index contributed by atoms with van der Waals surface area (Å²) < 4.78 is 23.0. The molecule has 0 amide bonds. The van der Waals surface area contributed by atoms with E-state index in [1.54, 1.807) is 0 Å². The van der Waals surface area contributed by atoms with E-state index >= 15 is 0 Å². The van der Waals surface area contributed by atoms with Crippen LogP contribution in [-0.2, 0) is 22.5 Å². The molecular weight excluding hydrogens is 447 g/mol. The summed E-state index contributed by atoms with van der Waals surface area (Å²) in [5.74, 6) is -1.58. The number of anilines is 3. The number of carbonyl (C=O) groups excluding carboxylic acids is 1. The van der Waals surface area contributed by atoms with E-state index in [0.29, 0.717) is 0 Å². The lowest BCUT2D eigenvalue weighted by molar-refractivity contribution is -0.136. The zero-order chi connectivity index (χ0) is 21.4. The second-order valence-electron chi connectivity index (χ2n) is 4.70. The minimum absolute atomic E-state index is 0.190. The smallest absolute Gasteiger partial charge is 0.391 e. The lowest BCUT2D eigenvalue weighted by Crippen LogP contribution is -2.39. The third kappa shape index (κ3) is 8.31. The van der Waals surface area contributed by atoms with Crippen LogP contribution in [0.1, 0.15) is 0 Å². The van der Waals surface area contributed by atoms with Crippen LogP contribution >= 0.6 is 25.5 Å². The molecule has 5 atom stereocenters. The first-order valence-corrected chi connectivity index (χ1v) is 10.3. The van der Waals surface area contributed by atoms with Gasteiger partial charge in [-0.05, 0) is 4.31 Å². The van der Waals surface area contributed by atoms with Crippen LogP contribution < -0.4 is 22.3 Å². The molecule has 1 heterocycles. The van der Waals surface area contributed by atoms with E-state index in [-0.39, 0.29) is 17.5 Å². The molecule has 5 unspecified atom stereocenters. The molecule has 16 nitrogen and oxygen atoms in total. The summed E-state index contributed by atoms with van der Waals surface area (Å²) in [6.45, 7) is -1.34. The Labute approximate surface area is 159 Å². The van der Waals surface area contributed by atoms with E-state index in [4.69, 9.17) is 21.3 Å². The highest BCUT2D eigenvalue weighted by atomic mass is 31.3. The first-order chi connectivity index (χ1) is 13.0. The lowest BCUT2D eigenvalue weighted by Gasteiger charge is -2.17. The Bertz CT molecular complexity index is 751. The Morgan fingerprint density at radius 1 is 1.29 bits per heavy atom. The van der Waals surface area contributed by atoms with Crippen molar-refractivity contribution in [3.8, 4) is 0 Å². The number of Topliss-reactive ketones (excluding diaryl/α,β-unsaturated/α-hetero) is 1. The summed E-state index contributed by atoms with van der Waals surface area (Å²) >= 11 is 0. The fourth-order valence-corrected chi connectivity index (χ4v) is 3.33. The van der Waals surface area contributed by atoms with Crippen molar-refractivity contribution in [2.45, 2.75) is 12.2 Å². The molecule has 0 spiro atoms. The average Bonchev–Trinajstić information content (AvgIpc) is 2.59. The molecule has 11 N–H and O–H groups in total. The normalized spacial score (nSPS) is 16.1. The average molecular weight is 464 g/mol. The van der Waals surface area contributed by atoms with E-state index in [1.165, 1.54) is 0 Å². The maximum absolute atomic E-state index is 11.8. The third-order valence-corrected chi connectivity index (χ3v) is 5.32. The maximum atomic E-state index is 11.8. The van der Waals surface area contributed by atoms with Gasteiger partial charge in [0.2, 0.25) is 5.95 Å². The van der Waals surface area contributed by atoms with Gasteiger partial charge in [0, 0.05) is 11.1 Å². The van der Waals surface area contributed by atoms with Crippen molar-refractivity contribution < 1.29 is 47.4 Å². The number of aliphatic hydroxyl groups is 2. The first-order valence-electron chi connectivity index (χ1n) is 6.93.